The lowest BCUT2D eigenvalue weighted by Gasteiger charge is -2.38. The Morgan fingerprint density at radius 1 is 1.45 bits per heavy atom. The van der Waals surface area contributed by atoms with E-state index < -0.39 is 24.7 Å². The monoisotopic (exact) mass is 296 g/mol. The Morgan fingerprint density at radius 2 is 2.10 bits per heavy atom. The lowest BCUT2D eigenvalue weighted by molar-refractivity contribution is -0.159. The first-order valence-electron chi connectivity index (χ1n) is 6.97. The van der Waals surface area contributed by atoms with Crippen LogP contribution in [0.4, 0.5) is 13.2 Å². The van der Waals surface area contributed by atoms with Gasteiger partial charge in [-0.15, -0.1) is 0 Å². The summed E-state index contributed by atoms with van der Waals surface area (Å²) in [4.78, 5) is 14.4. The van der Waals surface area contributed by atoms with Crippen molar-refractivity contribution in [3.8, 4) is 0 Å². The number of nitrogens with zero attached hydrogens (tertiary/aromatic N) is 2. The number of carbonyl (C=O) groups is 1. The maximum absolute atomic E-state index is 12.3. The van der Waals surface area contributed by atoms with Crippen molar-refractivity contribution in [1.82, 2.24) is 9.80 Å². The number of rotatable bonds is 5. The second kappa shape index (κ2) is 7.26. The fourth-order valence-corrected chi connectivity index (χ4v) is 2.57. The van der Waals surface area contributed by atoms with Gasteiger partial charge >= 0.3 is 6.18 Å². The number of likely N-dealkylation sites (tertiary alicyclic amines) is 1. The molecule has 0 aliphatic carbocycles. The van der Waals surface area contributed by atoms with Crippen molar-refractivity contribution in [2.75, 3.05) is 26.7 Å². The van der Waals surface area contributed by atoms with Gasteiger partial charge in [0.25, 0.3) is 0 Å². The quantitative estimate of drug-likeness (QED) is 0.838. The highest BCUT2D eigenvalue weighted by Gasteiger charge is 2.33. The lowest BCUT2D eigenvalue weighted by Crippen LogP contribution is -2.51. The first-order valence-corrected chi connectivity index (χ1v) is 6.97. The number of halogens is 3. The molecule has 2 atom stereocenters. The van der Waals surface area contributed by atoms with Gasteiger partial charge < -0.3 is 10.0 Å². The fraction of sp³-hybridized carbons (Fsp3) is 0.923. The zero-order valence-electron chi connectivity index (χ0n) is 12.0. The molecule has 0 spiro atoms. The van der Waals surface area contributed by atoms with Gasteiger partial charge in [-0.1, -0.05) is 13.3 Å². The van der Waals surface area contributed by atoms with Gasteiger partial charge in [-0.2, -0.15) is 13.2 Å². The minimum Gasteiger partial charge on any atom is -0.392 e. The number of amides is 1. The van der Waals surface area contributed by atoms with Crippen molar-refractivity contribution in [2.45, 2.75) is 50.9 Å². The Kier molecular flexibility index (Phi) is 6.26. The molecule has 0 saturated carbocycles. The number of carbonyl (C=O) groups excluding carboxylic acids is 1. The third-order valence-electron chi connectivity index (χ3n) is 3.71. The molecular formula is C13H23F3N2O2. The Hall–Kier alpha value is -0.820. The molecule has 0 aromatic rings. The Labute approximate surface area is 117 Å². The molecule has 4 nitrogen and oxygen atoms in total. The topological polar surface area (TPSA) is 43.8 Å². The van der Waals surface area contributed by atoms with E-state index >= 15 is 0 Å². The lowest BCUT2D eigenvalue weighted by atomic mass is 9.96. The van der Waals surface area contributed by atoms with Gasteiger partial charge in [-0.25, -0.2) is 0 Å². The van der Waals surface area contributed by atoms with E-state index in [0.717, 1.165) is 26.3 Å². The van der Waals surface area contributed by atoms with Crippen LogP contribution in [0, 0.1) is 0 Å². The van der Waals surface area contributed by atoms with Gasteiger partial charge in [-0.3, -0.25) is 9.69 Å². The van der Waals surface area contributed by atoms with Crippen LogP contribution in [0.25, 0.3) is 0 Å². The van der Waals surface area contributed by atoms with E-state index in [9.17, 15) is 23.1 Å². The third-order valence-corrected chi connectivity index (χ3v) is 3.71. The van der Waals surface area contributed by atoms with Crippen molar-refractivity contribution >= 4 is 5.91 Å². The van der Waals surface area contributed by atoms with Gasteiger partial charge in [0.2, 0.25) is 5.91 Å². The number of alkyl halides is 3. The second-order valence-electron chi connectivity index (χ2n) is 5.37. The maximum atomic E-state index is 12.3. The molecule has 1 N–H and O–H groups in total. The Morgan fingerprint density at radius 3 is 2.65 bits per heavy atom. The molecule has 0 aromatic heterocycles. The van der Waals surface area contributed by atoms with Crippen molar-refractivity contribution in [3.63, 3.8) is 0 Å². The van der Waals surface area contributed by atoms with Crippen molar-refractivity contribution in [1.29, 1.82) is 0 Å². The van der Waals surface area contributed by atoms with Gasteiger partial charge in [0.15, 0.2) is 0 Å². The molecule has 0 radical (unpaired) electrons. The second-order valence-corrected chi connectivity index (χ2v) is 5.37. The van der Waals surface area contributed by atoms with Gasteiger partial charge in [0.1, 0.15) is 6.54 Å². The number of aliphatic hydroxyl groups is 1. The van der Waals surface area contributed by atoms with E-state index in [-0.39, 0.29) is 12.6 Å². The zero-order valence-corrected chi connectivity index (χ0v) is 12.0. The van der Waals surface area contributed by atoms with Crippen LogP contribution in [-0.4, -0.2) is 65.8 Å². The standard InChI is InChI=1S/C13H23F3N2O2/c1-3-11(19)10-6-4-5-7-18(10)8-12(20)17(2)9-13(14,15)16/h10-11,19H,3-9H2,1-2H3. The van der Waals surface area contributed by atoms with Crippen LogP contribution in [0.5, 0.6) is 0 Å². The third kappa shape index (κ3) is 5.28. The van der Waals surface area contributed by atoms with Crippen LogP contribution in [0.2, 0.25) is 0 Å². The molecule has 1 aliphatic rings. The molecule has 1 saturated heterocycles. The van der Waals surface area contributed by atoms with Crippen LogP contribution >= 0.6 is 0 Å². The highest BCUT2D eigenvalue weighted by Crippen LogP contribution is 2.22. The fourth-order valence-electron chi connectivity index (χ4n) is 2.57. The summed E-state index contributed by atoms with van der Waals surface area (Å²) in [5.74, 6) is -0.558. The molecule has 1 rings (SSSR count). The predicted molar refractivity (Wildman–Crippen MR) is 69.2 cm³/mol. The maximum Gasteiger partial charge on any atom is 0.406 e. The highest BCUT2D eigenvalue weighted by atomic mass is 19.4. The number of piperidine rings is 1. The Balaban J connectivity index is 2.57. The average molecular weight is 296 g/mol. The summed E-state index contributed by atoms with van der Waals surface area (Å²) in [6, 6.07) is -0.128. The first-order chi connectivity index (χ1) is 9.24. The summed E-state index contributed by atoms with van der Waals surface area (Å²) in [6.45, 7) is 1.21. The predicted octanol–water partition coefficient (Wildman–Crippen LogP) is 1.63. The molecule has 20 heavy (non-hydrogen) atoms. The van der Waals surface area contributed by atoms with E-state index in [2.05, 4.69) is 0 Å². The van der Waals surface area contributed by atoms with Gasteiger partial charge in [-0.05, 0) is 25.8 Å². The SMILES string of the molecule is CCC(O)C1CCCCN1CC(=O)N(C)CC(F)(F)F. The van der Waals surface area contributed by atoms with Gasteiger partial charge in [0.05, 0.1) is 12.6 Å². The van der Waals surface area contributed by atoms with E-state index in [4.69, 9.17) is 0 Å². The molecule has 2 unspecified atom stereocenters. The number of hydrogen-bond donors (Lipinski definition) is 1. The molecule has 118 valence electrons. The molecule has 0 aromatic carbocycles. The zero-order chi connectivity index (χ0) is 15.3. The average Bonchev–Trinajstić information content (AvgIpc) is 2.36. The summed E-state index contributed by atoms with van der Waals surface area (Å²) in [6.07, 6.45) is -1.67. The summed E-state index contributed by atoms with van der Waals surface area (Å²) in [5, 5.41) is 9.94. The molecular weight excluding hydrogens is 273 g/mol. The minimum atomic E-state index is -4.38. The van der Waals surface area contributed by atoms with Crippen LogP contribution in [0.1, 0.15) is 32.6 Å². The molecule has 1 aliphatic heterocycles. The van der Waals surface area contributed by atoms with E-state index in [0.29, 0.717) is 17.9 Å². The Bertz CT molecular complexity index is 323. The van der Waals surface area contributed by atoms with Crippen molar-refractivity contribution in [2.24, 2.45) is 0 Å². The summed E-state index contributed by atoms with van der Waals surface area (Å²) < 4.78 is 36.8. The van der Waals surface area contributed by atoms with E-state index in [1.54, 1.807) is 0 Å². The summed E-state index contributed by atoms with van der Waals surface area (Å²) in [5.41, 5.74) is 0. The first kappa shape index (κ1) is 17.2. The number of hydrogen-bond acceptors (Lipinski definition) is 3. The smallest absolute Gasteiger partial charge is 0.392 e. The molecule has 0 bridgehead atoms. The number of likely N-dealkylation sites (N-methyl/N-ethyl adjacent to an activating group) is 1. The van der Waals surface area contributed by atoms with Gasteiger partial charge in [0, 0.05) is 13.1 Å². The molecule has 1 amide bonds. The van der Waals surface area contributed by atoms with Crippen molar-refractivity contribution < 1.29 is 23.1 Å². The van der Waals surface area contributed by atoms with E-state index in [1.165, 1.54) is 0 Å². The molecule has 1 fully saturated rings. The van der Waals surface area contributed by atoms with Crippen LogP contribution < -0.4 is 0 Å². The summed E-state index contributed by atoms with van der Waals surface area (Å²) >= 11 is 0. The normalized spacial score (nSPS) is 22.6. The molecule has 7 heteroatoms. The van der Waals surface area contributed by atoms with Crippen molar-refractivity contribution in [3.05, 3.63) is 0 Å². The minimum absolute atomic E-state index is 0.0612. The van der Waals surface area contributed by atoms with Crippen LogP contribution in [0.15, 0.2) is 0 Å². The largest absolute Gasteiger partial charge is 0.406 e. The highest BCUT2D eigenvalue weighted by molar-refractivity contribution is 5.78. The molecule has 1 heterocycles. The number of aliphatic hydroxyl groups excluding tert-OH is 1. The van der Waals surface area contributed by atoms with Crippen LogP contribution in [0.3, 0.4) is 0 Å². The van der Waals surface area contributed by atoms with E-state index in [1.807, 2.05) is 11.8 Å². The summed E-state index contributed by atoms with van der Waals surface area (Å²) in [7, 11) is 1.16. The van der Waals surface area contributed by atoms with Crippen LogP contribution in [-0.2, 0) is 4.79 Å².